The molecule has 3 nitrogen and oxygen atoms in total. The second-order valence-electron chi connectivity index (χ2n) is 5.82. The highest BCUT2D eigenvalue weighted by Crippen LogP contribution is 2.13. The number of nitrogens with one attached hydrogen (secondary N) is 1. The third kappa shape index (κ3) is 5.33. The zero-order chi connectivity index (χ0) is 15.1. The van der Waals surface area contributed by atoms with Crippen molar-refractivity contribution >= 4 is 17.5 Å². The Labute approximate surface area is 132 Å². The lowest BCUT2D eigenvalue weighted by molar-refractivity contribution is -0.126. The average molecular weight is 309 g/mol. The summed E-state index contributed by atoms with van der Waals surface area (Å²) in [5.74, 6) is 0.116. The van der Waals surface area contributed by atoms with Crippen LogP contribution in [0, 0.1) is 0 Å². The predicted octanol–water partition coefficient (Wildman–Crippen LogP) is 3.61. The van der Waals surface area contributed by atoms with Crippen LogP contribution in [0.15, 0.2) is 24.3 Å². The van der Waals surface area contributed by atoms with Gasteiger partial charge >= 0.3 is 0 Å². The van der Waals surface area contributed by atoms with E-state index in [1.54, 1.807) is 0 Å². The molecule has 1 amide bonds. The van der Waals surface area contributed by atoms with Crippen LogP contribution in [0.1, 0.15) is 44.6 Å². The van der Waals surface area contributed by atoms with E-state index in [-0.39, 0.29) is 11.9 Å². The summed E-state index contributed by atoms with van der Waals surface area (Å²) in [5, 5.41) is 3.75. The van der Waals surface area contributed by atoms with E-state index in [1.807, 2.05) is 31.2 Å². The van der Waals surface area contributed by atoms with Gasteiger partial charge in [-0.3, -0.25) is 9.69 Å². The van der Waals surface area contributed by atoms with Crippen LogP contribution in [-0.2, 0) is 11.3 Å². The predicted molar refractivity (Wildman–Crippen MR) is 87.4 cm³/mol. The zero-order valence-electron chi connectivity index (χ0n) is 12.8. The van der Waals surface area contributed by atoms with Crippen LogP contribution >= 0.6 is 11.6 Å². The van der Waals surface area contributed by atoms with Gasteiger partial charge in [0.25, 0.3) is 0 Å². The zero-order valence-corrected chi connectivity index (χ0v) is 13.5. The average Bonchev–Trinajstić information content (AvgIpc) is 2.45. The molecule has 1 N–H and O–H groups in total. The Bertz CT molecular complexity index is 439. The maximum Gasteiger partial charge on any atom is 0.237 e. The number of likely N-dealkylation sites (tertiary alicyclic amines) is 1. The first-order chi connectivity index (χ1) is 10.2. The maximum atomic E-state index is 12.3. The van der Waals surface area contributed by atoms with E-state index in [2.05, 4.69) is 10.2 Å². The lowest BCUT2D eigenvalue weighted by Crippen LogP contribution is -2.46. The lowest BCUT2D eigenvalue weighted by atomic mass is 10.1. The molecule has 0 bridgehead atoms. The number of nitrogens with zero attached hydrogens (tertiary/aromatic N) is 1. The van der Waals surface area contributed by atoms with E-state index >= 15 is 0 Å². The largest absolute Gasteiger partial charge is 0.351 e. The van der Waals surface area contributed by atoms with Gasteiger partial charge in [0.15, 0.2) is 0 Å². The first-order valence-corrected chi connectivity index (χ1v) is 8.31. The van der Waals surface area contributed by atoms with E-state index in [1.165, 1.54) is 32.1 Å². The molecule has 0 saturated carbocycles. The Balaban J connectivity index is 1.82. The molecule has 116 valence electrons. The van der Waals surface area contributed by atoms with Crippen LogP contribution in [0.3, 0.4) is 0 Å². The van der Waals surface area contributed by atoms with Gasteiger partial charge in [0.1, 0.15) is 0 Å². The fourth-order valence-electron chi connectivity index (χ4n) is 2.76. The summed E-state index contributed by atoms with van der Waals surface area (Å²) < 4.78 is 0. The molecule has 0 aromatic heterocycles. The van der Waals surface area contributed by atoms with Gasteiger partial charge in [-0.05, 0) is 50.6 Å². The number of hydrogen-bond donors (Lipinski definition) is 1. The van der Waals surface area contributed by atoms with E-state index in [9.17, 15) is 4.79 Å². The molecule has 1 heterocycles. The van der Waals surface area contributed by atoms with Crippen molar-refractivity contribution in [2.45, 2.75) is 51.6 Å². The minimum Gasteiger partial charge on any atom is -0.351 e. The van der Waals surface area contributed by atoms with Crippen molar-refractivity contribution in [2.75, 3.05) is 13.1 Å². The number of amides is 1. The standard InChI is InChI=1S/C17H25ClN2O/c1-14(20-11-5-3-2-4-6-12-20)17(21)19-13-15-7-9-16(18)10-8-15/h7-10,14H,2-6,11-13H2,1H3,(H,19,21)/t14-/m0/s1. The molecule has 0 unspecified atom stereocenters. The fraction of sp³-hybridized carbons (Fsp3) is 0.588. The SMILES string of the molecule is C[C@@H](C(=O)NCc1ccc(Cl)cc1)N1CCCCCCC1. The van der Waals surface area contributed by atoms with Gasteiger partial charge in [0, 0.05) is 11.6 Å². The van der Waals surface area contributed by atoms with Crippen LogP contribution in [0.5, 0.6) is 0 Å². The first kappa shape index (κ1) is 16.3. The topological polar surface area (TPSA) is 32.3 Å². The molecule has 2 rings (SSSR count). The molecule has 21 heavy (non-hydrogen) atoms. The molecule has 0 aliphatic carbocycles. The van der Waals surface area contributed by atoms with Gasteiger partial charge in [0.2, 0.25) is 5.91 Å². The summed E-state index contributed by atoms with van der Waals surface area (Å²) in [6, 6.07) is 7.55. The number of benzene rings is 1. The van der Waals surface area contributed by atoms with E-state index in [0.717, 1.165) is 23.7 Å². The summed E-state index contributed by atoms with van der Waals surface area (Å²) in [6.45, 7) is 4.65. The van der Waals surface area contributed by atoms with Gasteiger partial charge in [-0.15, -0.1) is 0 Å². The number of rotatable bonds is 4. The van der Waals surface area contributed by atoms with Crippen molar-refractivity contribution in [3.8, 4) is 0 Å². The molecule has 0 radical (unpaired) electrons. The second kappa shape index (κ2) is 8.40. The number of halogens is 1. The van der Waals surface area contributed by atoms with Crippen LogP contribution < -0.4 is 5.32 Å². The molecule has 1 aromatic rings. The van der Waals surface area contributed by atoms with E-state index < -0.39 is 0 Å². The first-order valence-electron chi connectivity index (χ1n) is 7.93. The number of carbonyl (C=O) groups is 1. The van der Waals surface area contributed by atoms with Gasteiger partial charge in [-0.1, -0.05) is 43.0 Å². The van der Waals surface area contributed by atoms with Crippen LogP contribution in [0.25, 0.3) is 0 Å². The summed E-state index contributed by atoms with van der Waals surface area (Å²) in [7, 11) is 0. The van der Waals surface area contributed by atoms with E-state index in [0.29, 0.717) is 6.54 Å². The second-order valence-corrected chi connectivity index (χ2v) is 6.26. The normalized spacial score (nSPS) is 18.6. The van der Waals surface area contributed by atoms with Gasteiger partial charge in [-0.2, -0.15) is 0 Å². The van der Waals surface area contributed by atoms with Gasteiger partial charge in [0.05, 0.1) is 6.04 Å². The molecule has 1 aliphatic rings. The molecule has 1 saturated heterocycles. The molecular formula is C17H25ClN2O. The summed E-state index contributed by atoms with van der Waals surface area (Å²) in [4.78, 5) is 14.6. The van der Waals surface area contributed by atoms with Crippen molar-refractivity contribution in [2.24, 2.45) is 0 Å². The molecule has 1 fully saturated rings. The minimum absolute atomic E-state index is 0.0459. The highest BCUT2D eigenvalue weighted by Gasteiger charge is 2.21. The Morgan fingerprint density at radius 1 is 1.14 bits per heavy atom. The van der Waals surface area contributed by atoms with Crippen LogP contribution in [0.4, 0.5) is 0 Å². The fourth-order valence-corrected chi connectivity index (χ4v) is 2.89. The summed E-state index contributed by atoms with van der Waals surface area (Å²) in [5.41, 5.74) is 1.08. The molecular weight excluding hydrogens is 284 g/mol. The quantitative estimate of drug-likeness (QED) is 0.921. The Morgan fingerprint density at radius 3 is 2.33 bits per heavy atom. The van der Waals surface area contributed by atoms with Crippen LogP contribution in [-0.4, -0.2) is 29.9 Å². The van der Waals surface area contributed by atoms with Gasteiger partial charge < -0.3 is 5.32 Å². The maximum absolute atomic E-state index is 12.3. The molecule has 1 aromatic carbocycles. The lowest BCUT2D eigenvalue weighted by Gasteiger charge is -2.29. The molecule has 4 heteroatoms. The van der Waals surface area contributed by atoms with Crippen molar-refractivity contribution in [3.63, 3.8) is 0 Å². The number of carbonyl (C=O) groups excluding carboxylic acids is 1. The highest BCUT2D eigenvalue weighted by atomic mass is 35.5. The minimum atomic E-state index is -0.0459. The molecule has 1 aliphatic heterocycles. The Morgan fingerprint density at radius 2 is 1.71 bits per heavy atom. The van der Waals surface area contributed by atoms with Crippen LogP contribution in [0.2, 0.25) is 5.02 Å². The van der Waals surface area contributed by atoms with Crippen molar-refractivity contribution in [1.29, 1.82) is 0 Å². The monoisotopic (exact) mass is 308 g/mol. The van der Waals surface area contributed by atoms with Crippen molar-refractivity contribution in [1.82, 2.24) is 10.2 Å². The third-order valence-corrected chi connectivity index (χ3v) is 4.45. The van der Waals surface area contributed by atoms with Gasteiger partial charge in [-0.25, -0.2) is 0 Å². The third-order valence-electron chi connectivity index (χ3n) is 4.20. The summed E-state index contributed by atoms with van der Waals surface area (Å²) in [6.07, 6.45) is 6.32. The molecule has 0 spiro atoms. The van der Waals surface area contributed by atoms with Crippen molar-refractivity contribution < 1.29 is 4.79 Å². The smallest absolute Gasteiger partial charge is 0.237 e. The van der Waals surface area contributed by atoms with E-state index in [4.69, 9.17) is 11.6 Å². The molecule has 1 atom stereocenters. The number of hydrogen-bond acceptors (Lipinski definition) is 2. The highest BCUT2D eigenvalue weighted by molar-refractivity contribution is 6.30. The summed E-state index contributed by atoms with van der Waals surface area (Å²) >= 11 is 5.86. The Kier molecular flexibility index (Phi) is 6.52. The Hall–Kier alpha value is -1.06. The van der Waals surface area contributed by atoms with Crippen molar-refractivity contribution in [3.05, 3.63) is 34.9 Å².